The maximum Gasteiger partial charge on any atom is 0.0647 e. The van der Waals surface area contributed by atoms with Gasteiger partial charge in [0, 0.05) is 0 Å². The van der Waals surface area contributed by atoms with E-state index in [0.717, 1.165) is 6.42 Å². The molecule has 0 fully saturated rings. The third kappa shape index (κ3) is 3.29. The van der Waals surface area contributed by atoms with Crippen molar-refractivity contribution in [2.24, 2.45) is 21.7 Å². The molecule has 0 unspecified atom stereocenters. The van der Waals surface area contributed by atoms with E-state index in [1.165, 1.54) is 0 Å². The molecular formula is C17H36O. The molecule has 1 heteroatoms. The molecule has 1 N–H and O–H groups in total. The summed E-state index contributed by atoms with van der Waals surface area (Å²) < 4.78 is 0. The van der Waals surface area contributed by atoms with E-state index in [0.29, 0.717) is 0 Å². The van der Waals surface area contributed by atoms with Gasteiger partial charge < -0.3 is 5.11 Å². The van der Waals surface area contributed by atoms with E-state index < -0.39 is 5.60 Å². The molecule has 0 aliphatic rings. The van der Waals surface area contributed by atoms with Gasteiger partial charge in [-0.25, -0.2) is 0 Å². The zero-order valence-corrected chi connectivity index (χ0v) is 14.7. The summed E-state index contributed by atoms with van der Waals surface area (Å²) >= 11 is 0. The summed E-state index contributed by atoms with van der Waals surface area (Å²) in [5.74, 6) is 0. The van der Waals surface area contributed by atoms with Crippen molar-refractivity contribution in [2.45, 2.75) is 88.2 Å². The van der Waals surface area contributed by atoms with Crippen molar-refractivity contribution in [1.82, 2.24) is 0 Å². The van der Waals surface area contributed by atoms with Gasteiger partial charge in [-0.1, -0.05) is 62.3 Å². The Labute approximate surface area is 115 Å². The minimum atomic E-state index is -0.676. The van der Waals surface area contributed by atoms with E-state index >= 15 is 0 Å². The minimum absolute atomic E-state index is 0.0715. The van der Waals surface area contributed by atoms with Crippen LogP contribution in [0.5, 0.6) is 0 Å². The summed E-state index contributed by atoms with van der Waals surface area (Å²) in [5.41, 5.74) is -0.242. The van der Waals surface area contributed by atoms with Gasteiger partial charge in [-0.05, 0) is 41.9 Å². The Balaban J connectivity index is 5.33. The van der Waals surface area contributed by atoms with Crippen LogP contribution in [0.15, 0.2) is 0 Å². The molecule has 0 atom stereocenters. The van der Waals surface area contributed by atoms with E-state index in [2.05, 4.69) is 62.3 Å². The second-order valence-electron chi connectivity index (χ2n) is 9.38. The lowest BCUT2D eigenvalue weighted by atomic mass is 9.52. The Morgan fingerprint density at radius 1 is 0.611 bits per heavy atom. The highest BCUT2D eigenvalue weighted by Gasteiger charge is 2.50. The molecule has 0 spiro atoms. The van der Waals surface area contributed by atoms with E-state index in [-0.39, 0.29) is 21.7 Å². The fraction of sp³-hybridized carbons (Fsp3) is 1.00. The van der Waals surface area contributed by atoms with Crippen LogP contribution in [-0.2, 0) is 0 Å². The van der Waals surface area contributed by atoms with Crippen LogP contribution in [0.4, 0.5) is 0 Å². The second-order valence-corrected chi connectivity index (χ2v) is 9.38. The number of rotatable bonds is 4. The smallest absolute Gasteiger partial charge is 0.0647 e. The molecule has 0 radical (unpaired) electrons. The minimum Gasteiger partial charge on any atom is -0.390 e. The SMILES string of the molecule is CC(C)(C)C(C)(C)CC(C)(C)C(C)(C)C(C)(C)O. The molecule has 18 heavy (non-hydrogen) atoms. The summed E-state index contributed by atoms with van der Waals surface area (Å²) in [4.78, 5) is 0. The highest BCUT2D eigenvalue weighted by atomic mass is 16.3. The lowest BCUT2D eigenvalue weighted by Gasteiger charge is -2.54. The maximum absolute atomic E-state index is 10.5. The monoisotopic (exact) mass is 256 g/mol. The number of aliphatic hydroxyl groups is 1. The second kappa shape index (κ2) is 4.51. The van der Waals surface area contributed by atoms with Gasteiger partial charge in [0.05, 0.1) is 5.60 Å². The Kier molecular flexibility index (Phi) is 4.50. The van der Waals surface area contributed by atoms with Crippen LogP contribution in [0.25, 0.3) is 0 Å². The van der Waals surface area contributed by atoms with E-state index in [1.54, 1.807) is 0 Å². The molecule has 1 nitrogen and oxygen atoms in total. The average Bonchev–Trinajstić information content (AvgIpc) is 1.96. The Morgan fingerprint density at radius 2 is 0.944 bits per heavy atom. The van der Waals surface area contributed by atoms with Gasteiger partial charge >= 0.3 is 0 Å². The topological polar surface area (TPSA) is 20.2 Å². The molecule has 0 aromatic rings. The molecule has 0 rings (SSSR count). The van der Waals surface area contributed by atoms with Crippen molar-refractivity contribution in [1.29, 1.82) is 0 Å². The molecule has 0 aromatic carbocycles. The number of hydrogen-bond acceptors (Lipinski definition) is 1. The van der Waals surface area contributed by atoms with Crippen LogP contribution in [0, 0.1) is 21.7 Å². The Bertz CT molecular complexity index is 282. The summed E-state index contributed by atoms with van der Waals surface area (Å²) in [6, 6.07) is 0. The molecule has 0 saturated carbocycles. The molecule has 0 heterocycles. The lowest BCUT2D eigenvalue weighted by molar-refractivity contribution is -0.121. The number of hydrogen-bond donors (Lipinski definition) is 1. The molecule has 0 amide bonds. The fourth-order valence-corrected chi connectivity index (χ4v) is 2.42. The molecule has 110 valence electrons. The molecule has 0 aromatic heterocycles. The zero-order chi connectivity index (χ0) is 15.2. The highest BCUT2D eigenvalue weighted by Crippen LogP contribution is 2.55. The molecule has 0 saturated heterocycles. The van der Waals surface area contributed by atoms with Crippen LogP contribution in [0.3, 0.4) is 0 Å². The first-order valence-electron chi connectivity index (χ1n) is 7.18. The predicted molar refractivity (Wildman–Crippen MR) is 81.7 cm³/mol. The van der Waals surface area contributed by atoms with E-state index in [9.17, 15) is 5.11 Å². The largest absolute Gasteiger partial charge is 0.390 e. The average molecular weight is 256 g/mol. The molecule has 0 bridgehead atoms. The van der Waals surface area contributed by atoms with Crippen molar-refractivity contribution in [3.8, 4) is 0 Å². The Hall–Kier alpha value is -0.0400. The first-order valence-corrected chi connectivity index (χ1v) is 7.18. The van der Waals surface area contributed by atoms with Crippen LogP contribution in [-0.4, -0.2) is 10.7 Å². The standard InChI is InChI=1S/C17H36O/c1-13(2,3)14(4,5)12-15(6,7)16(8,9)17(10,11)18/h18H,12H2,1-11H3. The highest BCUT2D eigenvalue weighted by molar-refractivity contribution is 5.00. The fourth-order valence-electron chi connectivity index (χ4n) is 2.42. The van der Waals surface area contributed by atoms with Crippen molar-refractivity contribution < 1.29 is 5.11 Å². The maximum atomic E-state index is 10.5. The van der Waals surface area contributed by atoms with Crippen LogP contribution in [0.1, 0.15) is 82.6 Å². The van der Waals surface area contributed by atoms with Gasteiger partial charge in [0.2, 0.25) is 0 Å². The van der Waals surface area contributed by atoms with Gasteiger partial charge in [-0.2, -0.15) is 0 Å². The molecular weight excluding hydrogens is 220 g/mol. The quantitative estimate of drug-likeness (QED) is 0.726. The van der Waals surface area contributed by atoms with Gasteiger partial charge in [-0.3, -0.25) is 0 Å². The summed E-state index contributed by atoms with van der Waals surface area (Å²) in [6.45, 7) is 24.4. The molecule has 0 aliphatic carbocycles. The first-order chi connectivity index (χ1) is 7.46. The van der Waals surface area contributed by atoms with Gasteiger partial charge in [0.15, 0.2) is 0 Å². The van der Waals surface area contributed by atoms with Crippen molar-refractivity contribution in [3.05, 3.63) is 0 Å². The zero-order valence-electron chi connectivity index (χ0n) is 14.7. The summed E-state index contributed by atoms with van der Waals surface area (Å²) in [5, 5.41) is 10.5. The third-order valence-corrected chi connectivity index (χ3v) is 6.14. The third-order valence-electron chi connectivity index (χ3n) is 6.14. The first kappa shape index (κ1) is 18.0. The molecule has 0 aliphatic heterocycles. The van der Waals surface area contributed by atoms with Crippen molar-refractivity contribution in [3.63, 3.8) is 0 Å². The van der Waals surface area contributed by atoms with Crippen molar-refractivity contribution in [2.75, 3.05) is 0 Å². The van der Waals surface area contributed by atoms with E-state index in [4.69, 9.17) is 0 Å². The van der Waals surface area contributed by atoms with Crippen molar-refractivity contribution >= 4 is 0 Å². The predicted octanol–water partition coefficient (Wildman–Crippen LogP) is 5.27. The van der Waals surface area contributed by atoms with Crippen LogP contribution >= 0.6 is 0 Å². The van der Waals surface area contributed by atoms with Crippen LogP contribution < -0.4 is 0 Å². The summed E-state index contributed by atoms with van der Waals surface area (Å²) in [7, 11) is 0. The normalized spacial score (nSPS) is 16.0. The van der Waals surface area contributed by atoms with E-state index in [1.807, 2.05) is 13.8 Å². The Morgan fingerprint density at radius 3 is 1.17 bits per heavy atom. The van der Waals surface area contributed by atoms with Crippen LogP contribution in [0.2, 0.25) is 0 Å². The van der Waals surface area contributed by atoms with Gasteiger partial charge in [0.1, 0.15) is 0 Å². The van der Waals surface area contributed by atoms with Gasteiger partial charge in [-0.15, -0.1) is 0 Å². The lowest BCUT2D eigenvalue weighted by Crippen LogP contribution is -2.51. The summed E-state index contributed by atoms with van der Waals surface area (Å²) in [6.07, 6.45) is 1.10. The van der Waals surface area contributed by atoms with Gasteiger partial charge in [0.25, 0.3) is 0 Å².